The van der Waals surface area contributed by atoms with Gasteiger partial charge in [0.05, 0.1) is 16.5 Å². The third-order valence-electron chi connectivity index (χ3n) is 1.80. The second-order valence-corrected chi connectivity index (χ2v) is 3.16. The zero-order valence-electron chi connectivity index (χ0n) is 7.72. The quantitative estimate of drug-likeness (QED) is 0.508. The Morgan fingerprint density at radius 2 is 2.20 bits per heavy atom. The topological polar surface area (TPSA) is 69.2 Å². The zero-order chi connectivity index (χ0) is 10.7. The summed E-state index contributed by atoms with van der Waals surface area (Å²) in [6, 6.07) is 3.69. The van der Waals surface area contributed by atoms with E-state index in [2.05, 4.69) is 6.58 Å². The van der Waals surface area contributed by atoms with Crippen LogP contribution in [0, 0.1) is 10.1 Å². The lowest BCUT2D eigenvalue weighted by molar-refractivity contribution is -0.385. The van der Waals surface area contributed by atoms with E-state index in [0.29, 0.717) is 10.6 Å². The smallest absolute Gasteiger partial charge is 0.274 e. The van der Waals surface area contributed by atoms with Gasteiger partial charge < -0.3 is 5.73 Å². The summed E-state index contributed by atoms with van der Waals surface area (Å²) in [5, 5.41) is 11.0. The molecule has 82 valence electrons. The molecule has 0 saturated carbocycles. The van der Waals surface area contributed by atoms with Crippen LogP contribution in [0.15, 0.2) is 30.9 Å². The van der Waals surface area contributed by atoms with Crippen molar-refractivity contribution < 1.29 is 4.92 Å². The fraction of sp³-hybridized carbons (Fsp3) is 0.111. The molecule has 0 aliphatic rings. The van der Waals surface area contributed by atoms with Crippen molar-refractivity contribution in [3.05, 3.63) is 51.6 Å². The molecule has 1 aromatic rings. The minimum atomic E-state index is -0.575. The van der Waals surface area contributed by atoms with Gasteiger partial charge in [-0.2, -0.15) is 0 Å². The van der Waals surface area contributed by atoms with Gasteiger partial charge in [-0.25, -0.2) is 0 Å². The summed E-state index contributed by atoms with van der Waals surface area (Å²) in [7, 11) is 0. The summed E-state index contributed by atoms with van der Waals surface area (Å²) < 4.78 is 0. The van der Waals surface area contributed by atoms with Crippen molar-refractivity contribution >= 4 is 29.7 Å². The Morgan fingerprint density at radius 3 is 2.67 bits per heavy atom. The largest absolute Gasteiger partial charge is 0.321 e. The number of nitrogens with two attached hydrogens (primary N) is 1. The molecule has 0 aliphatic carbocycles. The SMILES string of the molecule is C=C[C@H](N)c1cc(Cl)ccc1[N+](=O)[O-].Cl. The number of rotatable bonds is 3. The summed E-state index contributed by atoms with van der Waals surface area (Å²) in [5.74, 6) is 0. The van der Waals surface area contributed by atoms with Crippen molar-refractivity contribution in [2.24, 2.45) is 5.73 Å². The Hall–Kier alpha value is -1.10. The highest BCUT2D eigenvalue weighted by atomic mass is 35.5. The van der Waals surface area contributed by atoms with Gasteiger partial charge in [-0.3, -0.25) is 10.1 Å². The average molecular weight is 249 g/mol. The summed E-state index contributed by atoms with van der Waals surface area (Å²) in [4.78, 5) is 10.1. The summed E-state index contributed by atoms with van der Waals surface area (Å²) in [6.07, 6.45) is 1.43. The minimum absolute atomic E-state index is 0. The van der Waals surface area contributed by atoms with Gasteiger partial charge in [0, 0.05) is 11.1 Å². The first-order valence-electron chi connectivity index (χ1n) is 3.88. The van der Waals surface area contributed by atoms with Crippen LogP contribution in [0.1, 0.15) is 11.6 Å². The molecule has 0 bridgehead atoms. The maximum Gasteiger partial charge on any atom is 0.274 e. The Kier molecular flexibility index (Phi) is 5.28. The van der Waals surface area contributed by atoms with E-state index in [4.69, 9.17) is 17.3 Å². The number of hydrogen-bond acceptors (Lipinski definition) is 3. The summed E-state index contributed by atoms with van der Waals surface area (Å²) >= 11 is 5.71. The molecule has 0 aliphatic heterocycles. The maximum absolute atomic E-state index is 10.6. The highest BCUT2D eigenvalue weighted by Crippen LogP contribution is 2.27. The predicted octanol–water partition coefficient (Wildman–Crippen LogP) is 2.86. The van der Waals surface area contributed by atoms with E-state index in [0.717, 1.165) is 0 Å². The van der Waals surface area contributed by atoms with Crippen molar-refractivity contribution in [3.8, 4) is 0 Å². The van der Waals surface area contributed by atoms with E-state index in [-0.39, 0.29) is 18.1 Å². The zero-order valence-corrected chi connectivity index (χ0v) is 9.29. The van der Waals surface area contributed by atoms with Crippen LogP contribution in [0.4, 0.5) is 5.69 Å². The van der Waals surface area contributed by atoms with Gasteiger partial charge in [-0.05, 0) is 12.1 Å². The highest BCUT2D eigenvalue weighted by Gasteiger charge is 2.17. The summed E-state index contributed by atoms with van der Waals surface area (Å²) in [5.41, 5.74) is 5.95. The average Bonchev–Trinajstić information content (AvgIpc) is 2.16. The van der Waals surface area contributed by atoms with E-state index < -0.39 is 11.0 Å². The number of halogens is 2. The number of nitrogens with zero attached hydrogens (tertiary/aromatic N) is 1. The first-order valence-corrected chi connectivity index (χ1v) is 4.26. The Morgan fingerprint density at radius 1 is 1.60 bits per heavy atom. The molecule has 0 radical (unpaired) electrons. The minimum Gasteiger partial charge on any atom is -0.321 e. The van der Waals surface area contributed by atoms with Crippen LogP contribution >= 0.6 is 24.0 Å². The van der Waals surface area contributed by atoms with Gasteiger partial charge in [0.1, 0.15) is 0 Å². The van der Waals surface area contributed by atoms with Crippen molar-refractivity contribution in [2.45, 2.75) is 6.04 Å². The molecule has 2 N–H and O–H groups in total. The van der Waals surface area contributed by atoms with Gasteiger partial charge in [-0.1, -0.05) is 17.7 Å². The molecule has 0 heterocycles. The van der Waals surface area contributed by atoms with Gasteiger partial charge in [0.15, 0.2) is 0 Å². The van der Waals surface area contributed by atoms with Gasteiger partial charge >= 0.3 is 0 Å². The number of benzene rings is 1. The normalized spacial score (nSPS) is 11.3. The van der Waals surface area contributed by atoms with Crippen LogP contribution in [-0.2, 0) is 0 Å². The molecule has 1 atom stereocenters. The third kappa shape index (κ3) is 3.20. The van der Waals surface area contributed by atoms with E-state index in [9.17, 15) is 10.1 Å². The van der Waals surface area contributed by atoms with Gasteiger partial charge in [0.2, 0.25) is 0 Å². The molecular weight excluding hydrogens is 239 g/mol. The molecule has 0 unspecified atom stereocenters. The van der Waals surface area contributed by atoms with E-state index >= 15 is 0 Å². The van der Waals surface area contributed by atoms with Crippen molar-refractivity contribution in [1.82, 2.24) is 0 Å². The lowest BCUT2D eigenvalue weighted by atomic mass is 10.1. The number of hydrogen-bond donors (Lipinski definition) is 1. The van der Waals surface area contributed by atoms with Crippen molar-refractivity contribution in [3.63, 3.8) is 0 Å². The molecule has 0 aromatic heterocycles. The van der Waals surface area contributed by atoms with Gasteiger partial charge in [0.25, 0.3) is 5.69 Å². The number of nitro groups is 1. The third-order valence-corrected chi connectivity index (χ3v) is 2.03. The van der Waals surface area contributed by atoms with Crippen LogP contribution in [0.5, 0.6) is 0 Å². The molecule has 6 heteroatoms. The first kappa shape index (κ1) is 13.9. The lowest BCUT2D eigenvalue weighted by Crippen LogP contribution is -2.09. The molecule has 0 fully saturated rings. The lowest BCUT2D eigenvalue weighted by Gasteiger charge is -2.07. The van der Waals surface area contributed by atoms with Gasteiger partial charge in [-0.15, -0.1) is 19.0 Å². The van der Waals surface area contributed by atoms with Crippen LogP contribution in [0.2, 0.25) is 5.02 Å². The van der Waals surface area contributed by atoms with E-state index in [1.165, 1.54) is 24.3 Å². The Balaban J connectivity index is 0.00000196. The fourth-order valence-corrected chi connectivity index (χ4v) is 1.27. The monoisotopic (exact) mass is 248 g/mol. The Bertz CT molecular complexity index is 382. The molecule has 4 nitrogen and oxygen atoms in total. The van der Waals surface area contributed by atoms with Crippen molar-refractivity contribution in [2.75, 3.05) is 0 Å². The molecular formula is C9H10Cl2N2O2. The van der Waals surface area contributed by atoms with Crippen LogP contribution in [0.3, 0.4) is 0 Å². The van der Waals surface area contributed by atoms with Crippen LogP contribution < -0.4 is 5.73 Å². The molecule has 0 spiro atoms. The first-order chi connectivity index (χ1) is 6.56. The van der Waals surface area contributed by atoms with Crippen LogP contribution in [0.25, 0.3) is 0 Å². The standard InChI is InChI=1S/C9H9ClN2O2.ClH/c1-2-8(11)7-5-6(10)3-4-9(7)12(13)14;/h2-5,8H,1,11H2;1H/t8-;/m0./s1. The second-order valence-electron chi connectivity index (χ2n) is 2.72. The maximum atomic E-state index is 10.6. The number of nitro benzene ring substituents is 1. The molecule has 1 rings (SSSR count). The molecule has 0 saturated heterocycles. The van der Waals surface area contributed by atoms with Crippen LogP contribution in [-0.4, -0.2) is 4.92 Å². The second kappa shape index (κ2) is 5.70. The molecule has 1 aromatic carbocycles. The Labute approximate surface area is 98.3 Å². The highest BCUT2D eigenvalue weighted by molar-refractivity contribution is 6.30. The van der Waals surface area contributed by atoms with E-state index in [1.807, 2.05) is 0 Å². The fourth-order valence-electron chi connectivity index (χ4n) is 1.09. The van der Waals surface area contributed by atoms with Crippen molar-refractivity contribution in [1.29, 1.82) is 0 Å². The molecule has 0 amide bonds. The van der Waals surface area contributed by atoms with E-state index in [1.54, 1.807) is 0 Å². The summed E-state index contributed by atoms with van der Waals surface area (Å²) in [6.45, 7) is 3.48. The predicted molar refractivity (Wildman–Crippen MR) is 62.5 cm³/mol. The molecule has 15 heavy (non-hydrogen) atoms.